The van der Waals surface area contributed by atoms with Crippen LogP contribution in [-0.4, -0.2) is 30.6 Å². The van der Waals surface area contributed by atoms with Crippen molar-refractivity contribution in [2.45, 2.75) is 46.0 Å². The first-order chi connectivity index (χ1) is 14.9. The maximum absolute atomic E-state index is 12.8. The van der Waals surface area contributed by atoms with E-state index in [1.807, 2.05) is 0 Å². The number of hydrogen-bond donors (Lipinski definition) is 1. The molecule has 1 unspecified atom stereocenters. The third kappa shape index (κ3) is 6.78. The van der Waals surface area contributed by atoms with E-state index in [0.29, 0.717) is 0 Å². The monoisotopic (exact) mass is 473 g/mol. The van der Waals surface area contributed by atoms with Crippen LogP contribution in [0.1, 0.15) is 43.6 Å². The molecule has 2 rings (SSSR count). The van der Waals surface area contributed by atoms with Gasteiger partial charge in [-0.05, 0) is 58.0 Å². The van der Waals surface area contributed by atoms with Gasteiger partial charge in [-0.2, -0.15) is 13.2 Å². The Morgan fingerprint density at radius 3 is 2.31 bits per heavy atom. The van der Waals surface area contributed by atoms with Crippen molar-refractivity contribution in [3.8, 4) is 17.2 Å². The van der Waals surface area contributed by atoms with Gasteiger partial charge in [0.15, 0.2) is 6.10 Å². The molecule has 10 heteroatoms. The van der Waals surface area contributed by atoms with Crippen LogP contribution in [-0.2, 0) is 15.7 Å². The van der Waals surface area contributed by atoms with E-state index >= 15 is 0 Å². The molecule has 0 aliphatic carbocycles. The Bertz CT molecular complexity index is 979. The van der Waals surface area contributed by atoms with Gasteiger partial charge in [0.25, 0.3) is 5.91 Å². The second kappa shape index (κ2) is 10.6. The van der Waals surface area contributed by atoms with E-state index in [9.17, 15) is 22.8 Å². The van der Waals surface area contributed by atoms with E-state index in [1.165, 1.54) is 25.1 Å². The number of carbonyl (C=O) groups is 2. The average molecular weight is 474 g/mol. The molecule has 1 atom stereocenters. The molecule has 0 aliphatic rings. The van der Waals surface area contributed by atoms with Gasteiger partial charge in [-0.1, -0.05) is 11.6 Å². The standard InChI is InChI=1S/C22H23ClF3NO5/c1-5-30-21(29)13(4)31-19-11-15(7-8-16(19)20(28)27-12(2)3)32-18-9-6-14(10-17(18)23)22(24,25)26/h6-13H,5H2,1-4H3,(H,27,28). The summed E-state index contributed by atoms with van der Waals surface area (Å²) in [5.41, 5.74) is -0.774. The maximum Gasteiger partial charge on any atom is 0.416 e. The van der Waals surface area contributed by atoms with E-state index in [1.54, 1.807) is 20.8 Å². The van der Waals surface area contributed by atoms with Crippen molar-refractivity contribution in [3.63, 3.8) is 0 Å². The molecule has 0 aliphatic heterocycles. The van der Waals surface area contributed by atoms with Crippen LogP contribution in [0.5, 0.6) is 17.2 Å². The number of ether oxygens (including phenoxy) is 3. The number of alkyl halides is 3. The fourth-order valence-corrected chi connectivity index (χ4v) is 2.80. The number of esters is 1. The van der Waals surface area contributed by atoms with Crippen molar-refractivity contribution >= 4 is 23.5 Å². The summed E-state index contributed by atoms with van der Waals surface area (Å²) in [6.07, 6.45) is -5.57. The highest BCUT2D eigenvalue weighted by Crippen LogP contribution is 2.37. The van der Waals surface area contributed by atoms with Crippen LogP contribution < -0.4 is 14.8 Å². The van der Waals surface area contributed by atoms with Crippen LogP contribution in [0.2, 0.25) is 5.02 Å². The molecule has 1 N–H and O–H groups in total. The first kappa shape index (κ1) is 25.3. The maximum atomic E-state index is 12.8. The van der Waals surface area contributed by atoms with E-state index in [4.69, 9.17) is 25.8 Å². The molecule has 2 aromatic rings. The molecule has 0 radical (unpaired) electrons. The summed E-state index contributed by atoms with van der Waals surface area (Å²) < 4.78 is 54.7. The summed E-state index contributed by atoms with van der Waals surface area (Å²) in [6, 6.07) is 6.72. The predicted molar refractivity (Wildman–Crippen MR) is 112 cm³/mol. The molecule has 0 fully saturated rings. The topological polar surface area (TPSA) is 73.9 Å². The first-order valence-electron chi connectivity index (χ1n) is 9.75. The fraction of sp³-hybridized carbons (Fsp3) is 0.364. The third-order valence-electron chi connectivity index (χ3n) is 4.03. The lowest BCUT2D eigenvalue weighted by Crippen LogP contribution is -2.31. The molecule has 0 saturated heterocycles. The molecule has 0 aromatic heterocycles. The van der Waals surface area contributed by atoms with E-state index < -0.39 is 29.7 Å². The number of carbonyl (C=O) groups excluding carboxylic acids is 2. The Labute approximate surface area is 188 Å². The van der Waals surface area contributed by atoms with Gasteiger partial charge in [-0.3, -0.25) is 4.79 Å². The molecule has 0 heterocycles. The van der Waals surface area contributed by atoms with Gasteiger partial charge in [0.2, 0.25) is 0 Å². The van der Waals surface area contributed by atoms with Crippen molar-refractivity contribution < 1.29 is 37.0 Å². The molecule has 1 amide bonds. The molecule has 174 valence electrons. The highest BCUT2D eigenvalue weighted by Gasteiger charge is 2.31. The number of nitrogens with one attached hydrogen (secondary N) is 1. The molecule has 0 bridgehead atoms. The van der Waals surface area contributed by atoms with Crippen molar-refractivity contribution in [1.29, 1.82) is 0 Å². The summed E-state index contributed by atoms with van der Waals surface area (Å²) in [5, 5.41) is 2.48. The molecule has 6 nitrogen and oxygen atoms in total. The van der Waals surface area contributed by atoms with Gasteiger partial charge in [-0.25, -0.2) is 4.79 Å². The van der Waals surface area contributed by atoms with Crippen LogP contribution in [0.15, 0.2) is 36.4 Å². The Morgan fingerprint density at radius 1 is 1.06 bits per heavy atom. The van der Waals surface area contributed by atoms with Gasteiger partial charge in [0, 0.05) is 12.1 Å². The van der Waals surface area contributed by atoms with E-state index in [0.717, 1.165) is 18.2 Å². The van der Waals surface area contributed by atoms with Crippen molar-refractivity contribution in [2.24, 2.45) is 0 Å². The predicted octanol–water partition coefficient (Wildman–Crippen LogP) is 5.62. The van der Waals surface area contributed by atoms with Gasteiger partial charge in [-0.15, -0.1) is 0 Å². The Balaban J connectivity index is 2.36. The highest BCUT2D eigenvalue weighted by molar-refractivity contribution is 6.32. The molecule has 0 spiro atoms. The zero-order valence-electron chi connectivity index (χ0n) is 17.9. The molecule has 32 heavy (non-hydrogen) atoms. The summed E-state index contributed by atoms with van der Waals surface area (Å²) in [4.78, 5) is 24.5. The molecular formula is C22H23ClF3NO5. The highest BCUT2D eigenvalue weighted by atomic mass is 35.5. The van der Waals surface area contributed by atoms with Crippen molar-refractivity contribution in [2.75, 3.05) is 6.61 Å². The van der Waals surface area contributed by atoms with Crippen LogP contribution in [0.3, 0.4) is 0 Å². The Hall–Kier alpha value is -2.94. The minimum Gasteiger partial charge on any atom is -0.478 e. The average Bonchev–Trinajstić information content (AvgIpc) is 2.68. The molecular weight excluding hydrogens is 451 g/mol. The number of halogens is 4. The van der Waals surface area contributed by atoms with Gasteiger partial charge in [0.05, 0.1) is 22.8 Å². The SMILES string of the molecule is CCOC(=O)C(C)Oc1cc(Oc2ccc(C(F)(F)F)cc2Cl)ccc1C(=O)NC(C)C. The number of benzene rings is 2. The summed E-state index contributed by atoms with van der Waals surface area (Å²) in [5.74, 6) is -0.920. The second-order valence-electron chi connectivity index (χ2n) is 7.04. The normalized spacial score (nSPS) is 12.3. The van der Waals surface area contributed by atoms with Gasteiger partial charge < -0.3 is 19.5 Å². The smallest absolute Gasteiger partial charge is 0.416 e. The second-order valence-corrected chi connectivity index (χ2v) is 7.45. The van der Waals surface area contributed by atoms with Gasteiger partial charge in [0.1, 0.15) is 17.2 Å². The summed E-state index contributed by atoms with van der Waals surface area (Å²) in [7, 11) is 0. The molecule has 0 saturated carbocycles. The van der Waals surface area contributed by atoms with Crippen molar-refractivity contribution in [1.82, 2.24) is 5.32 Å². The van der Waals surface area contributed by atoms with Crippen molar-refractivity contribution in [3.05, 3.63) is 52.5 Å². The lowest BCUT2D eigenvalue weighted by Gasteiger charge is -2.18. The lowest BCUT2D eigenvalue weighted by atomic mass is 10.1. The van der Waals surface area contributed by atoms with E-state index in [2.05, 4.69) is 5.32 Å². The summed E-state index contributed by atoms with van der Waals surface area (Å²) in [6.45, 7) is 6.83. The Kier molecular flexibility index (Phi) is 8.38. The zero-order chi connectivity index (χ0) is 24.1. The van der Waals surface area contributed by atoms with Crippen LogP contribution in [0, 0.1) is 0 Å². The quantitative estimate of drug-likeness (QED) is 0.504. The first-order valence-corrected chi connectivity index (χ1v) is 10.1. The Morgan fingerprint density at radius 2 is 1.75 bits per heavy atom. The van der Waals surface area contributed by atoms with Crippen LogP contribution in [0.4, 0.5) is 13.2 Å². The minimum absolute atomic E-state index is 0.0246. The minimum atomic E-state index is -4.54. The zero-order valence-corrected chi connectivity index (χ0v) is 18.6. The van der Waals surface area contributed by atoms with Crippen LogP contribution >= 0.6 is 11.6 Å². The number of amides is 1. The lowest BCUT2D eigenvalue weighted by molar-refractivity contribution is -0.150. The molecule has 2 aromatic carbocycles. The number of hydrogen-bond acceptors (Lipinski definition) is 5. The van der Waals surface area contributed by atoms with E-state index in [-0.39, 0.29) is 40.5 Å². The third-order valence-corrected chi connectivity index (χ3v) is 4.32. The largest absolute Gasteiger partial charge is 0.478 e. The van der Waals surface area contributed by atoms with Crippen LogP contribution in [0.25, 0.3) is 0 Å². The van der Waals surface area contributed by atoms with Gasteiger partial charge >= 0.3 is 12.1 Å². The summed E-state index contributed by atoms with van der Waals surface area (Å²) >= 11 is 5.94. The fourth-order valence-electron chi connectivity index (χ4n) is 2.58. The number of rotatable bonds is 8.